The molecule has 0 saturated heterocycles. The minimum Gasteiger partial charge on any atom is -0.394 e. The van der Waals surface area contributed by atoms with E-state index in [1.807, 2.05) is 6.08 Å². The van der Waals surface area contributed by atoms with Crippen molar-refractivity contribution in [3.63, 3.8) is 0 Å². The molecule has 0 aromatic heterocycles. The van der Waals surface area contributed by atoms with Gasteiger partial charge in [-0.25, -0.2) is 0 Å². The highest BCUT2D eigenvalue weighted by Crippen LogP contribution is 2.18. The Kier molecular flexibility index (Phi) is 62.7. The van der Waals surface area contributed by atoms with Crippen LogP contribution in [0.25, 0.3) is 0 Å². The highest BCUT2D eigenvalue weighted by molar-refractivity contribution is 5.76. The third-order valence-corrected chi connectivity index (χ3v) is 14.8. The van der Waals surface area contributed by atoms with Crippen LogP contribution in [0.3, 0.4) is 0 Å². The molecule has 0 aromatic rings. The summed E-state index contributed by atoms with van der Waals surface area (Å²) >= 11 is 0. The van der Waals surface area contributed by atoms with Crippen molar-refractivity contribution in [2.75, 3.05) is 6.61 Å². The van der Waals surface area contributed by atoms with Crippen molar-refractivity contribution in [1.29, 1.82) is 0 Å². The van der Waals surface area contributed by atoms with Crippen LogP contribution >= 0.6 is 0 Å². The Balaban J connectivity index is 3.52. The lowest BCUT2D eigenvalue weighted by Gasteiger charge is -2.19. The van der Waals surface area contributed by atoms with Gasteiger partial charge in [0.2, 0.25) is 5.91 Å². The van der Waals surface area contributed by atoms with E-state index in [4.69, 9.17) is 0 Å². The van der Waals surface area contributed by atoms with Crippen molar-refractivity contribution in [2.24, 2.45) is 0 Å². The van der Waals surface area contributed by atoms with E-state index in [1.165, 1.54) is 250 Å². The number of nitrogens with one attached hydrogen (secondary N) is 1. The van der Waals surface area contributed by atoms with Gasteiger partial charge >= 0.3 is 0 Å². The summed E-state index contributed by atoms with van der Waals surface area (Å²) in [6, 6.07) is -0.651. The van der Waals surface area contributed by atoms with Gasteiger partial charge < -0.3 is 15.5 Å². The number of allylic oxidation sites excluding steroid dienone is 13. The molecule has 0 aliphatic heterocycles. The van der Waals surface area contributed by atoms with E-state index in [9.17, 15) is 15.0 Å². The standard InChI is InChI=1S/C70H127NO3/c1-3-5-7-9-11-13-15-17-19-21-23-25-27-29-31-33-34-35-36-38-39-41-43-45-47-49-51-53-55-57-59-61-63-65-69(73)68(67-72)71-70(74)66-64-62-60-58-56-54-52-50-48-46-44-42-40-37-32-30-28-26-24-22-20-18-16-14-12-10-8-6-4-2/h6,8,12,14,18,20,24,26,47,49,55,57,63,65,68-69,72-73H,3-5,7,9-11,13,15-17,19,21-23,25,27-46,48,50-54,56,58-62,64,66-67H2,1-2H3,(H,71,74)/b8-6-,14-12-,20-18-,26-24-,49-47+,57-55+,65-63+. The molecule has 0 aromatic carbocycles. The Morgan fingerprint density at radius 2 is 0.608 bits per heavy atom. The summed E-state index contributed by atoms with van der Waals surface area (Å²) in [6.07, 6.45) is 95.1. The lowest BCUT2D eigenvalue weighted by atomic mass is 10.0. The quantitative estimate of drug-likeness (QED) is 0.0420. The average molecular weight is 1030 g/mol. The van der Waals surface area contributed by atoms with Gasteiger partial charge in [-0.05, 0) is 83.5 Å². The molecule has 74 heavy (non-hydrogen) atoms. The normalized spacial score (nSPS) is 13.3. The molecule has 0 heterocycles. The Labute approximate surface area is 462 Å². The van der Waals surface area contributed by atoms with E-state index < -0.39 is 12.1 Å². The highest BCUT2D eigenvalue weighted by atomic mass is 16.3. The predicted octanol–water partition coefficient (Wildman–Crippen LogP) is 22.3. The molecule has 0 fully saturated rings. The number of aliphatic hydroxyl groups is 2. The fourth-order valence-corrected chi connectivity index (χ4v) is 9.91. The van der Waals surface area contributed by atoms with Crippen molar-refractivity contribution in [3.05, 3.63) is 85.1 Å². The summed E-state index contributed by atoms with van der Waals surface area (Å²) < 4.78 is 0. The zero-order valence-electron chi connectivity index (χ0n) is 49.6. The molecule has 2 unspecified atom stereocenters. The average Bonchev–Trinajstić information content (AvgIpc) is 3.40. The Morgan fingerprint density at radius 1 is 0.338 bits per heavy atom. The largest absolute Gasteiger partial charge is 0.394 e. The lowest BCUT2D eigenvalue weighted by molar-refractivity contribution is -0.123. The minimum atomic E-state index is -0.876. The summed E-state index contributed by atoms with van der Waals surface area (Å²) in [4.78, 5) is 12.5. The third kappa shape index (κ3) is 60.4. The van der Waals surface area contributed by atoms with Crippen LogP contribution in [-0.4, -0.2) is 34.9 Å². The molecule has 0 rings (SSSR count). The van der Waals surface area contributed by atoms with Gasteiger partial charge in [0.05, 0.1) is 18.8 Å². The molecule has 0 aliphatic carbocycles. The molecule has 3 N–H and O–H groups in total. The first-order valence-corrected chi connectivity index (χ1v) is 32.8. The van der Waals surface area contributed by atoms with Gasteiger partial charge in [0.1, 0.15) is 0 Å². The fourth-order valence-electron chi connectivity index (χ4n) is 9.91. The van der Waals surface area contributed by atoms with Gasteiger partial charge in [0, 0.05) is 6.42 Å². The van der Waals surface area contributed by atoms with Crippen LogP contribution in [0.5, 0.6) is 0 Å². The van der Waals surface area contributed by atoms with Crippen LogP contribution in [0, 0.1) is 0 Å². The Hall–Kier alpha value is -2.43. The molecule has 0 saturated carbocycles. The van der Waals surface area contributed by atoms with Crippen molar-refractivity contribution in [2.45, 2.75) is 347 Å². The van der Waals surface area contributed by atoms with Crippen LogP contribution in [0.1, 0.15) is 335 Å². The van der Waals surface area contributed by atoms with Gasteiger partial charge in [0.25, 0.3) is 0 Å². The Bertz CT molecular complexity index is 1310. The minimum absolute atomic E-state index is 0.0765. The second kappa shape index (κ2) is 64.9. The van der Waals surface area contributed by atoms with Crippen molar-refractivity contribution in [1.82, 2.24) is 5.32 Å². The fraction of sp³-hybridized carbons (Fsp3) is 0.786. The molecule has 2 atom stereocenters. The highest BCUT2D eigenvalue weighted by Gasteiger charge is 2.18. The van der Waals surface area contributed by atoms with Crippen molar-refractivity contribution in [3.8, 4) is 0 Å². The van der Waals surface area contributed by atoms with E-state index in [1.54, 1.807) is 6.08 Å². The maximum absolute atomic E-state index is 12.5. The number of aliphatic hydroxyl groups excluding tert-OH is 2. The van der Waals surface area contributed by atoms with E-state index >= 15 is 0 Å². The van der Waals surface area contributed by atoms with E-state index in [2.05, 4.69) is 92.1 Å². The molecular formula is C70H127NO3. The molecule has 4 nitrogen and oxygen atoms in total. The van der Waals surface area contributed by atoms with E-state index in [-0.39, 0.29) is 12.5 Å². The third-order valence-electron chi connectivity index (χ3n) is 14.8. The topological polar surface area (TPSA) is 69.6 Å². The molecule has 0 radical (unpaired) electrons. The molecule has 4 heteroatoms. The second-order valence-electron chi connectivity index (χ2n) is 22.1. The van der Waals surface area contributed by atoms with Crippen LogP contribution in [0.2, 0.25) is 0 Å². The van der Waals surface area contributed by atoms with Crippen molar-refractivity contribution >= 4 is 5.91 Å². The monoisotopic (exact) mass is 1030 g/mol. The first kappa shape index (κ1) is 71.6. The van der Waals surface area contributed by atoms with E-state index in [0.29, 0.717) is 6.42 Å². The Morgan fingerprint density at radius 3 is 0.946 bits per heavy atom. The van der Waals surface area contributed by atoms with Gasteiger partial charge in [-0.1, -0.05) is 330 Å². The number of amides is 1. The van der Waals surface area contributed by atoms with Gasteiger partial charge in [0.15, 0.2) is 0 Å². The smallest absolute Gasteiger partial charge is 0.220 e. The molecular weight excluding hydrogens is 903 g/mol. The number of carbonyl (C=O) groups excluding carboxylic acids is 1. The summed E-state index contributed by atoms with van der Waals surface area (Å²) in [7, 11) is 0. The van der Waals surface area contributed by atoms with Crippen molar-refractivity contribution < 1.29 is 15.0 Å². The summed E-state index contributed by atoms with van der Waals surface area (Å²) in [5.41, 5.74) is 0. The predicted molar refractivity (Wildman–Crippen MR) is 331 cm³/mol. The maximum atomic E-state index is 12.5. The maximum Gasteiger partial charge on any atom is 0.220 e. The van der Waals surface area contributed by atoms with Crippen LogP contribution < -0.4 is 5.32 Å². The molecule has 1 amide bonds. The number of hydrogen-bond acceptors (Lipinski definition) is 3. The van der Waals surface area contributed by atoms with Crippen LogP contribution in [0.15, 0.2) is 85.1 Å². The first-order chi connectivity index (χ1) is 36.7. The van der Waals surface area contributed by atoms with Gasteiger partial charge in [-0.15, -0.1) is 0 Å². The first-order valence-electron chi connectivity index (χ1n) is 32.8. The number of carbonyl (C=O) groups is 1. The molecule has 0 bridgehead atoms. The second-order valence-corrected chi connectivity index (χ2v) is 22.1. The van der Waals surface area contributed by atoms with E-state index in [0.717, 1.165) is 64.2 Å². The summed E-state index contributed by atoms with van der Waals surface area (Å²) in [5.74, 6) is -0.0765. The number of hydrogen-bond donors (Lipinski definition) is 3. The zero-order chi connectivity index (χ0) is 53.4. The number of unbranched alkanes of at least 4 members (excludes halogenated alkanes) is 41. The molecule has 0 aliphatic rings. The van der Waals surface area contributed by atoms with Crippen LogP contribution in [0.4, 0.5) is 0 Å². The van der Waals surface area contributed by atoms with Crippen LogP contribution in [-0.2, 0) is 4.79 Å². The molecule has 0 spiro atoms. The number of rotatable bonds is 60. The van der Waals surface area contributed by atoms with Gasteiger partial charge in [-0.2, -0.15) is 0 Å². The molecule has 430 valence electrons. The summed E-state index contributed by atoms with van der Waals surface area (Å²) in [6.45, 7) is 4.21. The zero-order valence-corrected chi connectivity index (χ0v) is 49.6. The summed E-state index contributed by atoms with van der Waals surface area (Å²) in [5, 5.41) is 23.2. The SMILES string of the molecule is CC/C=C\C/C=C\C/C=C\C/C=C\CCCCCCCCCCCCCCCCCCC(=O)NC(CO)C(O)/C=C/CC/C=C/CC/C=C/CCCCCCCCCCCCCCCCCCCCCCCCC. The lowest BCUT2D eigenvalue weighted by Crippen LogP contribution is -2.45. The van der Waals surface area contributed by atoms with Gasteiger partial charge in [-0.3, -0.25) is 4.79 Å².